The Kier molecular flexibility index (Phi) is 13.9. The molecule has 1 aromatic heterocycles. The van der Waals surface area contributed by atoms with Crippen molar-refractivity contribution in [3.05, 3.63) is 18.2 Å². The second kappa shape index (κ2) is 16.3. The third-order valence-electron chi connectivity index (χ3n) is 6.01. The van der Waals surface area contributed by atoms with Crippen LogP contribution in [0, 0.1) is 5.92 Å². The third-order valence-corrected chi connectivity index (χ3v) is 6.01. The molecule has 208 valence electrons. The Hall–Kier alpha value is -3.52. The van der Waals surface area contributed by atoms with Crippen molar-refractivity contribution in [2.75, 3.05) is 6.54 Å². The van der Waals surface area contributed by atoms with E-state index >= 15 is 0 Å². The van der Waals surface area contributed by atoms with Crippen molar-refractivity contribution in [2.45, 2.75) is 83.0 Å². The molecule has 37 heavy (non-hydrogen) atoms. The molecule has 4 amide bonds. The van der Waals surface area contributed by atoms with Gasteiger partial charge >= 0.3 is 5.97 Å². The summed E-state index contributed by atoms with van der Waals surface area (Å²) in [5, 5.41) is 17.1. The van der Waals surface area contributed by atoms with Gasteiger partial charge in [0.05, 0.1) is 12.4 Å². The van der Waals surface area contributed by atoms with Gasteiger partial charge < -0.3 is 43.2 Å². The van der Waals surface area contributed by atoms with Crippen LogP contribution >= 0.6 is 0 Å². The summed E-state index contributed by atoms with van der Waals surface area (Å²) in [6.07, 6.45) is 4.79. The number of carbonyl (C=O) groups is 5. The lowest BCUT2D eigenvalue weighted by atomic mass is 9.96. The SMILES string of the molecule is CCC(C)C(NC(=O)C(Cc1cnc[nH]1)NC(=O)C(N)CCCCN)C(=O)NC(CCC(N)=O)C(=O)O. The minimum absolute atomic E-state index is 0.0539. The Morgan fingerprint density at radius 3 is 2.24 bits per heavy atom. The van der Waals surface area contributed by atoms with Crippen LogP contribution in [0.15, 0.2) is 12.5 Å². The highest BCUT2D eigenvalue weighted by Crippen LogP contribution is 2.11. The first-order chi connectivity index (χ1) is 17.5. The number of nitrogens with one attached hydrogen (secondary N) is 4. The van der Waals surface area contributed by atoms with E-state index in [9.17, 15) is 29.1 Å². The first-order valence-electron chi connectivity index (χ1n) is 12.3. The standard InChI is InChI=1S/C23H40N8O6/c1-3-13(2)19(22(35)29-16(23(36)37)7-8-18(26)32)31-21(34)17(10-14-11-27-12-28-14)30-20(33)15(25)6-4-5-9-24/h11-13,15-17,19H,3-10,24-25H2,1-2H3,(H2,26,32)(H,27,28)(H,29,35)(H,30,33)(H,31,34)(H,36,37). The van der Waals surface area contributed by atoms with Crippen LogP contribution in [0.2, 0.25) is 0 Å². The van der Waals surface area contributed by atoms with Gasteiger partial charge in [-0.15, -0.1) is 0 Å². The van der Waals surface area contributed by atoms with Crippen LogP contribution in [0.25, 0.3) is 0 Å². The quantitative estimate of drug-likeness (QED) is 0.101. The molecule has 1 rings (SSSR count). The van der Waals surface area contributed by atoms with Gasteiger partial charge in [-0.1, -0.05) is 26.7 Å². The first-order valence-corrected chi connectivity index (χ1v) is 12.3. The molecular weight excluding hydrogens is 484 g/mol. The maximum atomic E-state index is 13.3. The van der Waals surface area contributed by atoms with E-state index in [-0.39, 0.29) is 25.2 Å². The Labute approximate surface area is 215 Å². The molecule has 0 saturated carbocycles. The van der Waals surface area contributed by atoms with Crippen molar-refractivity contribution in [1.82, 2.24) is 25.9 Å². The van der Waals surface area contributed by atoms with Crippen molar-refractivity contribution in [3.8, 4) is 0 Å². The lowest BCUT2D eigenvalue weighted by Crippen LogP contribution is -2.59. The second-order valence-electron chi connectivity index (χ2n) is 9.01. The average molecular weight is 525 g/mol. The Morgan fingerprint density at radius 1 is 1.03 bits per heavy atom. The van der Waals surface area contributed by atoms with Crippen LogP contribution in [0.3, 0.4) is 0 Å². The molecule has 5 unspecified atom stereocenters. The molecule has 0 spiro atoms. The lowest BCUT2D eigenvalue weighted by Gasteiger charge is -2.28. The van der Waals surface area contributed by atoms with Crippen molar-refractivity contribution >= 4 is 29.6 Å². The van der Waals surface area contributed by atoms with Gasteiger partial charge in [-0.05, 0) is 31.7 Å². The van der Waals surface area contributed by atoms with Crippen LogP contribution in [-0.4, -0.2) is 75.4 Å². The maximum absolute atomic E-state index is 13.3. The molecule has 0 aromatic carbocycles. The number of rotatable bonds is 18. The number of hydrogen-bond acceptors (Lipinski definition) is 8. The van der Waals surface area contributed by atoms with E-state index in [2.05, 4.69) is 25.9 Å². The highest BCUT2D eigenvalue weighted by atomic mass is 16.4. The van der Waals surface area contributed by atoms with Crippen molar-refractivity contribution in [2.24, 2.45) is 23.1 Å². The van der Waals surface area contributed by atoms with Crippen molar-refractivity contribution in [1.29, 1.82) is 0 Å². The molecule has 0 fully saturated rings. The average Bonchev–Trinajstić information content (AvgIpc) is 3.36. The number of imidazole rings is 1. The predicted molar refractivity (Wildman–Crippen MR) is 134 cm³/mol. The molecule has 1 heterocycles. The number of nitrogens with zero attached hydrogens (tertiary/aromatic N) is 1. The van der Waals surface area contributed by atoms with Gasteiger partial charge in [-0.2, -0.15) is 0 Å². The Balaban J connectivity index is 3.03. The van der Waals surface area contributed by atoms with Gasteiger partial charge in [0.25, 0.3) is 0 Å². The Bertz CT molecular complexity index is 894. The zero-order valence-corrected chi connectivity index (χ0v) is 21.4. The van der Waals surface area contributed by atoms with Crippen LogP contribution in [0.1, 0.15) is 58.1 Å². The topological polar surface area (TPSA) is 248 Å². The summed E-state index contributed by atoms with van der Waals surface area (Å²) in [7, 11) is 0. The summed E-state index contributed by atoms with van der Waals surface area (Å²) in [4.78, 5) is 68.4. The number of primary amides is 1. The third kappa shape index (κ3) is 11.4. The molecule has 0 radical (unpaired) electrons. The minimum atomic E-state index is -1.37. The normalized spacial score (nSPS) is 15.0. The van der Waals surface area contributed by atoms with Gasteiger partial charge in [0.15, 0.2) is 0 Å². The molecule has 14 heteroatoms. The minimum Gasteiger partial charge on any atom is -0.480 e. The molecule has 0 aliphatic heterocycles. The van der Waals surface area contributed by atoms with E-state index in [0.29, 0.717) is 37.9 Å². The zero-order chi connectivity index (χ0) is 28.0. The fourth-order valence-corrected chi connectivity index (χ4v) is 3.51. The zero-order valence-electron chi connectivity index (χ0n) is 21.4. The number of aliphatic carboxylic acids is 1. The van der Waals surface area contributed by atoms with E-state index in [0.717, 1.165) is 0 Å². The van der Waals surface area contributed by atoms with E-state index in [4.69, 9.17) is 17.2 Å². The van der Waals surface area contributed by atoms with Gasteiger partial charge in [0.1, 0.15) is 18.1 Å². The van der Waals surface area contributed by atoms with Crippen LogP contribution in [0.5, 0.6) is 0 Å². The number of unbranched alkanes of at least 4 members (excludes halogenated alkanes) is 1. The number of amides is 4. The van der Waals surface area contributed by atoms with Crippen LogP contribution in [-0.2, 0) is 30.4 Å². The Morgan fingerprint density at radius 2 is 1.70 bits per heavy atom. The highest BCUT2D eigenvalue weighted by molar-refractivity contribution is 5.94. The van der Waals surface area contributed by atoms with E-state index < -0.39 is 53.8 Å². The van der Waals surface area contributed by atoms with E-state index in [1.54, 1.807) is 6.92 Å². The summed E-state index contributed by atoms with van der Waals surface area (Å²) in [6.45, 7) is 4.01. The summed E-state index contributed by atoms with van der Waals surface area (Å²) >= 11 is 0. The molecule has 1 aromatic rings. The van der Waals surface area contributed by atoms with Crippen molar-refractivity contribution in [3.63, 3.8) is 0 Å². The molecule has 0 bridgehead atoms. The van der Waals surface area contributed by atoms with Gasteiger partial charge in [-0.3, -0.25) is 19.2 Å². The number of aromatic amines is 1. The monoisotopic (exact) mass is 524 g/mol. The van der Waals surface area contributed by atoms with Crippen molar-refractivity contribution < 1.29 is 29.1 Å². The highest BCUT2D eigenvalue weighted by Gasteiger charge is 2.33. The van der Waals surface area contributed by atoms with Crippen LogP contribution < -0.4 is 33.2 Å². The number of H-pyrrole nitrogens is 1. The number of carboxylic acids is 1. The molecular formula is C23H40N8O6. The molecule has 14 nitrogen and oxygen atoms in total. The summed E-state index contributed by atoms with van der Waals surface area (Å²) in [5.41, 5.74) is 17.1. The van der Waals surface area contributed by atoms with Gasteiger partial charge in [-0.25, -0.2) is 9.78 Å². The molecule has 11 N–H and O–H groups in total. The molecule has 0 aliphatic rings. The number of aromatic nitrogens is 2. The van der Waals surface area contributed by atoms with E-state index in [1.807, 2.05) is 6.92 Å². The summed E-state index contributed by atoms with van der Waals surface area (Å²) in [6, 6.07) is -4.40. The summed E-state index contributed by atoms with van der Waals surface area (Å²) < 4.78 is 0. The largest absolute Gasteiger partial charge is 0.480 e. The number of hydrogen-bond donors (Lipinski definition) is 8. The molecule has 0 saturated heterocycles. The molecule has 5 atom stereocenters. The number of nitrogens with two attached hydrogens (primary N) is 3. The first kappa shape index (κ1) is 31.5. The second-order valence-corrected chi connectivity index (χ2v) is 9.01. The lowest BCUT2D eigenvalue weighted by molar-refractivity contribution is -0.143. The number of carbonyl (C=O) groups excluding carboxylic acids is 4. The van der Waals surface area contributed by atoms with Gasteiger partial charge in [0.2, 0.25) is 23.6 Å². The van der Waals surface area contributed by atoms with Crippen LogP contribution in [0.4, 0.5) is 0 Å². The number of carboxylic acid groups (broad SMARTS) is 1. The maximum Gasteiger partial charge on any atom is 0.326 e. The fraction of sp³-hybridized carbons (Fsp3) is 0.652. The smallest absolute Gasteiger partial charge is 0.326 e. The fourth-order valence-electron chi connectivity index (χ4n) is 3.51. The van der Waals surface area contributed by atoms with E-state index in [1.165, 1.54) is 12.5 Å². The molecule has 0 aliphatic carbocycles. The predicted octanol–water partition coefficient (Wildman–Crippen LogP) is -1.74. The van der Waals surface area contributed by atoms with Gasteiger partial charge in [0, 0.05) is 24.7 Å². The summed E-state index contributed by atoms with van der Waals surface area (Å²) in [5.74, 6) is -4.33.